The first-order chi connectivity index (χ1) is 9.56. The van der Waals surface area contributed by atoms with Crippen LogP contribution in [0.4, 0.5) is 11.4 Å². The summed E-state index contributed by atoms with van der Waals surface area (Å²) >= 11 is 6.03. The Kier molecular flexibility index (Phi) is 4.48. The van der Waals surface area contributed by atoms with Crippen LogP contribution in [0.3, 0.4) is 0 Å². The summed E-state index contributed by atoms with van der Waals surface area (Å²) in [6.45, 7) is 1.89. The summed E-state index contributed by atoms with van der Waals surface area (Å²) in [7, 11) is 0. The van der Waals surface area contributed by atoms with Crippen LogP contribution in [0, 0.1) is 0 Å². The number of carbonyl (C=O) groups excluding carboxylic acids is 1. The normalized spacial score (nSPS) is 10.1. The quantitative estimate of drug-likeness (QED) is 0.806. The van der Waals surface area contributed by atoms with E-state index in [1.54, 1.807) is 30.3 Å². The molecule has 104 valence electrons. The van der Waals surface area contributed by atoms with E-state index >= 15 is 0 Å². The van der Waals surface area contributed by atoms with Gasteiger partial charge in [0.25, 0.3) is 0 Å². The van der Waals surface area contributed by atoms with Crippen molar-refractivity contribution in [1.82, 2.24) is 0 Å². The molecule has 2 aromatic carbocycles. The maximum absolute atomic E-state index is 10.9. The molecule has 0 aliphatic rings. The summed E-state index contributed by atoms with van der Waals surface area (Å²) in [5, 5.41) is 16.1. The second-order valence-corrected chi connectivity index (χ2v) is 4.76. The number of nitrogens with one attached hydrogen (secondary N) is 2. The molecule has 5 heteroatoms. The number of halogens is 1. The average Bonchev–Trinajstić information content (AvgIpc) is 2.39. The van der Waals surface area contributed by atoms with Gasteiger partial charge in [0.05, 0.1) is 0 Å². The molecular formula is C15H15ClN2O2. The molecule has 0 radical (unpaired) electrons. The minimum Gasteiger partial charge on any atom is -0.508 e. The predicted octanol–water partition coefficient (Wildman–Crippen LogP) is 3.62. The van der Waals surface area contributed by atoms with Crippen molar-refractivity contribution in [2.24, 2.45) is 0 Å². The molecule has 2 rings (SSSR count). The minimum absolute atomic E-state index is 0.105. The van der Waals surface area contributed by atoms with Gasteiger partial charge in [-0.05, 0) is 36.4 Å². The Bertz CT molecular complexity index is 592. The van der Waals surface area contributed by atoms with E-state index in [9.17, 15) is 9.90 Å². The third-order valence-corrected chi connectivity index (χ3v) is 3.12. The number of amides is 1. The van der Waals surface area contributed by atoms with E-state index in [0.717, 1.165) is 11.4 Å². The van der Waals surface area contributed by atoms with E-state index < -0.39 is 0 Å². The Morgan fingerprint density at radius 1 is 1.15 bits per heavy atom. The van der Waals surface area contributed by atoms with E-state index in [1.165, 1.54) is 6.92 Å². The number of aromatic hydroxyl groups is 1. The van der Waals surface area contributed by atoms with Crippen molar-refractivity contribution in [2.75, 3.05) is 10.6 Å². The lowest BCUT2D eigenvalue weighted by Crippen LogP contribution is -2.06. The summed E-state index contributed by atoms with van der Waals surface area (Å²) < 4.78 is 0. The maximum Gasteiger partial charge on any atom is 0.221 e. The van der Waals surface area contributed by atoms with Gasteiger partial charge in [-0.25, -0.2) is 0 Å². The zero-order valence-electron chi connectivity index (χ0n) is 11.0. The van der Waals surface area contributed by atoms with Gasteiger partial charge in [0.2, 0.25) is 5.91 Å². The van der Waals surface area contributed by atoms with Gasteiger partial charge in [-0.1, -0.05) is 17.7 Å². The third-order valence-electron chi connectivity index (χ3n) is 2.77. The number of carbonyl (C=O) groups is 1. The van der Waals surface area contributed by atoms with Crippen LogP contribution in [0.5, 0.6) is 5.75 Å². The van der Waals surface area contributed by atoms with Gasteiger partial charge in [0, 0.05) is 35.4 Å². The molecule has 0 aliphatic heterocycles. The van der Waals surface area contributed by atoms with Crippen molar-refractivity contribution in [3.05, 3.63) is 53.1 Å². The SMILES string of the molecule is CC(=O)Nc1ccc(NCc2c(O)cccc2Cl)cc1. The van der Waals surface area contributed by atoms with Crippen molar-refractivity contribution in [2.45, 2.75) is 13.5 Å². The molecule has 1 amide bonds. The highest BCUT2D eigenvalue weighted by molar-refractivity contribution is 6.31. The van der Waals surface area contributed by atoms with Gasteiger partial charge in [-0.15, -0.1) is 0 Å². The Labute approximate surface area is 122 Å². The van der Waals surface area contributed by atoms with Crippen molar-refractivity contribution < 1.29 is 9.90 Å². The number of anilines is 2. The highest BCUT2D eigenvalue weighted by atomic mass is 35.5. The van der Waals surface area contributed by atoms with E-state index in [1.807, 2.05) is 12.1 Å². The van der Waals surface area contributed by atoms with Crippen LogP contribution in [-0.2, 0) is 11.3 Å². The molecule has 0 bridgehead atoms. The standard InChI is InChI=1S/C15H15ClN2O2/c1-10(19)18-12-7-5-11(6-8-12)17-9-13-14(16)3-2-4-15(13)20/h2-8,17,20H,9H2,1H3,(H,18,19). The first-order valence-electron chi connectivity index (χ1n) is 6.14. The van der Waals surface area contributed by atoms with Crippen LogP contribution in [-0.4, -0.2) is 11.0 Å². The summed E-state index contributed by atoms with van der Waals surface area (Å²) in [5.41, 5.74) is 2.27. The molecule has 0 atom stereocenters. The third kappa shape index (κ3) is 3.65. The Balaban J connectivity index is 2.02. The smallest absolute Gasteiger partial charge is 0.221 e. The number of rotatable bonds is 4. The molecule has 0 spiro atoms. The van der Waals surface area contributed by atoms with Gasteiger partial charge < -0.3 is 15.7 Å². The molecule has 0 unspecified atom stereocenters. The number of hydrogen-bond donors (Lipinski definition) is 3. The van der Waals surface area contributed by atoms with E-state index in [-0.39, 0.29) is 11.7 Å². The number of phenolic OH excluding ortho intramolecular Hbond substituents is 1. The van der Waals surface area contributed by atoms with Crippen LogP contribution in [0.1, 0.15) is 12.5 Å². The fraction of sp³-hybridized carbons (Fsp3) is 0.133. The molecule has 0 aromatic heterocycles. The molecule has 0 aliphatic carbocycles. The highest BCUT2D eigenvalue weighted by Crippen LogP contribution is 2.26. The number of benzene rings is 2. The zero-order chi connectivity index (χ0) is 14.5. The summed E-state index contributed by atoms with van der Waals surface area (Å²) in [6, 6.07) is 12.3. The summed E-state index contributed by atoms with van der Waals surface area (Å²) in [5.74, 6) is 0.0616. The number of phenols is 1. The van der Waals surface area contributed by atoms with Crippen molar-refractivity contribution >= 4 is 28.9 Å². The molecule has 0 saturated carbocycles. The first kappa shape index (κ1) is 14.2. The lowest BCUT2D eigenvalue weighted by molar-refractivity contribution is -0.114. The topological polar surface area (TPSA) is 61.4 Å². The van der Waals surface area contributed by atoms with Crippen LogP contribution in [0.2, 0.25) is 5.02 Å². The molecule has 4 nitrogen and oxygen atoms in total. The van der Waals surface area contributed by atoms with Crippen molar-refractivity contribution in [3.8, 4) is 5.75 Å². The lowest BCUT2D eigenvalue weighted by atomic mass is 10.2. The Hall–Kier alpha value is -2.20. The van der Waals surface area contributed by atoms with Crippen LogP contribution < -0.4 is 10.6 Å². The second-order valence-electron chi connectivity index (χ2n) is 4.35. The molecule has 0 heterocycles. The first-order valence-corrected chi connectivity index (χ1v) is 6.52. The molecule has 20 heavy (non-hydrogen) atoms. The van der Waals surface area contributed by atoms with Gasteiger partial charge in [0.1, 0.15) is 5.75 Å². The predicted molar refractivity (Wildman–Crippen MR) is 81.2 cm³/mol. The van der Waals surface area contributed by atoms with Crippen molar-refractivity contribution in [3.63, 3.8) is 0 Å². The average molecular weight is 291 g/mol. The zero-order valence-corrected chi connectivity index (χ0v) is 11.7. The fourth-order valence-corrected chi connectivity index (χ4v) is 2.02. The lowest BCUT2D eigenvalue weighted by Gasteiger charge is -2.10. The van der Waals surface area contributed by atoms with Crippen LogP contribution in [0.25, 0.3) is 0 Å². The highest BCUT2D eigenvalue weighted by Gasteiger charge is 2.05. The van der Waals surface area contributed by atoms with Crippen molar-refractivity contribution in [1.29, 1.82) is 0 Å². The monoisotopic (exact) mass is 290 g/mol. The Morgan fingerprint density at radius 3 is 2.40 bits per heavy atom. The van der Waals surface area contributed by atoms with Gasteiger partial charge in [0.15, 0.2) is 0 Å². The van der Waals surface area contributed by atoms with E-state index in [4.69, 9.17) is 11.6 Å². The van der Waals surface area contributed by atoms with Gasteiger partial charge in [-0.2, -0.15) is 0 Å². The molecule has 3 N–H and O–H groups in total. The van der Waals surface area contributed by atoms with Crippen LogP contribution in [0.15, 0.2) is 42.5 Å². The van der Waals surface area contributed by atoms with Crippen LogP contribution >= 0.6 is 11.6 Å². The van der Waals surface area contributed by atoms with Gasteiger partial charge in [-0.3, -0.25) is 4.79 Å². The summed E-state index contributed by atoms with van der Waals surface area (Å²) in [4.78, 5) is 10.9. The Morgan fingerprint density at radius 2 is 1.80 bits per heavy atom. The molecular weight excluding hydrogens is 276 g/mol. The van der Waals surface area contributed by atoms with Gasteiger partial charge >= 0.3 is 0 Å². The second kappa shape index (κ2) is 6.30. The van der Waals surface area contributed by atoms with E-state index in [0.29, 0.717) is 17.1 Å². The number of hydrogen-bond acceptors (Lipinski definition) is 3. The molecule has 2 aromatic rings. The fourth-order valence-electron chi connectivity index (χ4n) is 1.79. The maximum atomic E-state index is 10.9. The van der Waals surface area contributed by atoms with E-state index in [2.05, 4.69) is 10.6 Å². The largest absolute Gasteiger partial charge is 0.508 e. The minimum atomic E-state index is -0.105. The summed E-state index contributed by atoms with van der Waals surface area (Å²) in [6.07, 6.45) is 0. The molecule has 0 saturated heterocycles. The molecule has 0 fully saturated rings.